The third-order valence-electron chi connectivity index (χ3n) is 2.01. The van der Waals surface area contributed by atoms with Gasteiger partial charge in [-0.1, -0.05) is 19.3 Å². The lowest BCUT2D eigenvalue weighted by Crippen LogP contribution is -2.15. The molecule has 0 amide bonds. The molecule has 0 heterocycles. The fourth-order valence-electron chi connectivity index (χ4n) is 1.42. The highest BCUT2D eigenvalue weighted by Crippen LogP contribution is 2.21. The molecule has 0 spiro atoms. The molecule has 0 aromatic carbocycles. The Kier molecular flexibility index (Phi) is 3.12. The molecule has 0 aliphatic heterocycles. The molecule has 70 valence electrons. The first-order valence-corrected chi connectivity index (χ1v) is 4.19. The lowest BCUT2D eigenvalue weighted by Gasteiger charge is -2.17. The molecular formula is C8H12F3N. The Morgan fingerprint density at radius 3 is 2.17 bits per heavy atom. The first-order chi connectivity index (χ1) is 5.58. The smallest absolute Gasteiger partial charge is 0.285 e. The van der Waals surface area contributed by atoms with Crippen LogP contribution in [0.2, 0.25) is 0 Å². The third kappa shape index (κ3) is 3.74. The molecule has 4 heteroatoms. The van der Waals surface area contributed by atoms with Gasteiger partial charge in [-0.2, -0.15) is 13.2 Å². The van der Waals surface area contributed by atoms with Crippen LogP contribution in [0.5, 0.6) is 0 Å². The third-order valence-corrected chi connectivity index (χ3v) is 2.01. The van der Waals surface area contributed by atoms with Gasteiger partial charge in [-0.05, 0) is 12.8 Å². The summed E-state index contributed by atoms with van der Waals surface area (Å²) in [4.78, 5) is 3.50. The normalized spacial score (nSPS) is 21.9. The first-order valence-electron chi connectivity index (χ1n) is 4.19. The summed E-state index contributed by atoms with van der Waals surface area (Å²) in [6, 6.07) is -0.0830. The highest BCUT2D eigenvalue weighted by molar-refractivity contribution is 5.64. The van der Waals surface area contributed by atoms with Crippen LogP contribution < -0.4 is 0 Å². The molecule has 0 radical (unpaired) electrons. The van der Waals surface area contributed by atoms with Crippen LogP contribution >= 0.6 is 0 Å². The molecule has 0 saturated heterocycles. The van der Waals surface area contributed by atoms with E-state index in [1.54, 1.807) is 0 Å². The molecule has 1 aliphatic rings. The highest BCUT2D eigenvalue weighted by Gasteiger charge is 2.24. The van der Waals surface area contributed by atoms with E-state index >= 15 is 0 Å². The predicted octanol–water partition coefficient (Wildman–Crippen LogP) is 2.95. The average Bonchev–Trinajstić information content (AvgIpc) is 2.02. The number of hydrogen-bond acceptors (Lipinski definition) is 1. The van der Waals surface area contributed by atoms with Gasteiger partial charge in [0.1, 0.15) is 6.21 Å². The summed E-state index contributed by atoms with van der Waals surface area (Å²) in [5, 5.41) is 0. The van der Waals surface area contributed by atoms with Crippen LogP contribution in [0.4, 0.5) is 13.2 Å². The van der Waals surface area contributed by atoms with Gasteiger partial charge < -0.3 is 0 Å². The molecule has 0 aromatic heterocycles. The Morgan fingerprint density at radius 1 is 1.08 bits per heavy atom. The Bertz CT molecular complexity index is 156. The summed E-state index contributed by atoms with van der Waals surface area (Å²) in [5.74, 6) is 0. The Hall–Kier alpha value is -0.540. The molecule has 0 atom stereocenters. The number of nitrogens with zero attached hydrogens (tertiary/aromatic N) is 1. The minimum Gasteiger partial charge on any atom is -0.285 e. The number of aliphatic imine (C=N–C) groups is 1. The van der Waals surface area contributed by atoms with Crippen molar-refractivity contribution in [2.45, 2.75) is 44.3 Å². The van der Waals surface area contributed by atoms with E-state index in [1.165, 1.54) is 0 Å². The van der Waals surface area contributed by atoms with Crippen LogP contribution in [0.25, 0.3) is 0 Å². The van der Waals surface area contributed by atoms with Crippen LogP contribution in [0, 0.1) is 0 Å². The molecule has 0 bridgehead atoms. The predicted molar refractivity (Wildman–Crippen MR) is 41.4 cm³/mol. The van der Waals surface area contributed by atoms with Crippen LogP contribution in [0.15, 0.2) is 4.99 Å². The standard InChI is InChI=1S/C8H12F3N/c9-8(10,11)6-12-7-4-2-1-3-5-7/h6-7H,1-5H2. The fourth-order valence-corrected chi connectivity index (χ4v) is 1.42. The summed E-state index contributed by atoms with van der Waals surface area (Å²) in [5.41, 5.74) is 0. The van der Waals surface area contributed by atoms with E-state index in [9.17, 15) is 13.2 Å². The van der Waals surface area contributed by atoms with E-state index in [2.05, 4.69) is 4.99 Å². The largest absolute Gasteiger partial charge is 0.426 e. The van der Waals surface area contributed by atoms with E-state index in [4.69, 9.17) is 0 Å². The zero-order valence-corrected chi connectivity index (χ0v) is 6.77. The van der Waals surface area contributed by atoms with Crippen molar-refractivity contribution in [3.63, 3.8) is 0 Å². The zero-order valence-electron chi connectivity index (χ0n) is 6.77. The van der Waals surface area contributed by atoms with Gasteiger partial charge in [-0.15, -0.1) is 0 Å². The van der Waals surface area contributed by atoms with Crippen molar-refractivity contribution in [3.8, 4) is 0 Å². The van der Waals surface area contributed by atoms with Crippen molar-refractivity contribution in [2.75, 3.05) is 0 Å². The molecule has 0 N–H and O–H groups in total. The number of rotatable bonds is 1. The van der Waals surface area contributed by atoms with Gasteiger partial charge >= 0.3 is 6.18 Å². The molecule has 1 fully saturated rings. The van der Waals surface area contributed by atoms with E-state index in [0.29, 0.717) is 0 Å². The second-order valence-corrected chi connectivity index (χ2v) is 3.11. The van der Waals surface area contributed by atoms with Crippen molar-refractivity contribution in [1.29, 1.82) is 0 Å². The van der Waals surface area contributed by atoms with Crippen LogP contribution in [0.1, 0.15) is 32.1 Å². The summed E-state index contributed by atoms with van der Waals surface area (Å²) < 4.78 is 35.0. The number of halogens is 3. The molecule has 1 rings (SSSR count). The van der Waals surface area contributed by atoms with Gasteiger partial charge in [0, 0.05) is 6.04 Å². The minimum absolute atomic E-state index is 0.0830. The Labute approximate surface area is 69.7 Å². The van der Waals surface area contributed by atoms with Crippen molar-refractivity contribution in [2.24, 2.45) is 4.99 Å². The Balaban J connectivity index is 2.33. The second kappa shape index (κ2) is 3.92. The fraction of sp³-hybridized carbons (Fsp3) is 0.875. The summed E-state index contributed by atoms with van der Waals surface area (Å²) in [6.07, 6.45) is 0.678. The van der Waals surface area contributed by atoms with Crippen molar-refractivity contribution in [1.82, 2.24) is 0 Å². The first kappa shape index (κ1) is 9.55. The summed E-state index contributed by atoms with van der Waals surface area (Å²) >= 11 is 0. The van der Waals surface area contributed by atoms with Crippen molar-refractivity contribution < 1.29 is 13.2 Å². The lowest BCUT2D eigenvalue weighted by molar-refractivity contribution is -0.0539. The SMILES string of the molecule is FC(F)(F)C=NC1CCCCC1. The van der Waals surface area contributed by atoms with Gasteiger partial charge in [-0.25, -0.2) is 0 Å². The maximum Gasteiger partial charge on any atom is 0.426 e. The second-order valence-electron chi connectivity index (χ2n) is 3.11. The van der Waals surface area contributed by atoms with Gasteiger partial charge in [0.15, 0.2) is 0 Å². The quantitative estimate of drug-likeness (QED) is 0.549. The lowest BCUT2D eigenvalue weighted by atomic mass is 9.96. The summed E-state index contributed by atoms with van der Waals surface area (Å²) in [6.45, 7) is 0. The van der Waals surface area contributed by atoms with E-state index in [1.807, 2.05) is 0 Å². The number of alkyl halides is 3. The topological polar surface area (TPSA) is 12.4 Å². The van der Waals surface area contributed by atoms with Crippen LogP contribution in [-0.4, -0.2) is 18.4 Å². The van der Waals surface area contributed by atoms with E-state index in [-0.39, 0.29) is 12.3 Å². The number of hydrogen-bond donors (Lipinski definition) is 0. The van der Waals surface area contributed by atoms with Gasteiger partial charge in [0.2, 0.25) is 0 Å². The zero-order chi connectivity index (χ0) is 9.03. The van der Waals surface area contributed by atoms with Gasteiger partial charge in [0.05, 0.1) is 0 Å². The molecular weight excluding hydrogens is 167 g/mol. The van der Waals surface area contributed by atoms with Gasteiger partial charge in [0.25, 0.3) is 0 Å². The minimum atomic E-state index is -4.24. The van der Waals surface area contributed by atoms with Crippen molar-refractivity contribution in [3.05, 3.63) is 0 Å². The van der Waals surface area contributed by atoms with Crippen LogP contribution in [-0.2, 0) is 0 Å². The molecule has 1 aliphatic carbocycles. The monoisotopic (exact) mass is 179 g/mol. The van der Waals surface area contributed by atoms with E-state index in [0.717, 1.165) is 32.1 Å². The Morgan fingerprint density at radius 2 is 1.67 bits per heavy atom. The molecule has 1 nitrogen and oxygen atoms in total. The molecule has 0 unspecified atom stereocenters. The maximum atomic E-state index is 11.7. The van der Waals surface area contributed by atoms with Gasteiger partial charge in [-0.3, -0.25) is 4.99 Å². The summed E-state index contributed by atoms with van der Waals surface area (Å²) in [7, 11) is 0. The van der Waals surface area contributed by atoms with E-state index < -0.39 is 6.18 Å². The van der Waals surface area contributed by atoms with Crippen molar-refractivity contribution >= 4 is 6.21 Å². The van der Waals surface area contributed by atoms with Crippen LogP contribution in [0.3, 0.4) is 0 Å². The highest BCUT2D eigenvalue weighted by atomic mass is 19.4. The molecule has 12 heavy (non-hydrogen) atoms. The molecule has 1 saturated carbocycles. The molecule has 0 aromatic rings. The maximum absolute atomic E-state index is 11.7. The average molecular weight is 179 g/mol.